The van der Waals surface area contributed by atoms with E-state index in [1.165, 1.54) is 30.2 Å². The molecule has 0 aliphatic carbocycles. The number of carbonyl (C=O) groups is 4. The van der Waals surface area contributed by atoms with E-state index in [2.05, 4.69) is 16.0 Å². The highest BCUT2D eigenvalue weighted by atomic mass is 32.2. The summed E-state index contributed by atoms with van der Waals surface area (Å²) in [5.41, 5.74) is 4.54. The van der Waals surface area contributed by atoms with E-state index in [0.717, 1.165) is 16.0 Å². The number of thioether (sulfide) groups is 1. The van der Waals surface area contributed by atoms with E-state index in [0.29, 0.717) is 45.1 Å². The summed E-state index contributed by atoms with van der Waals surface area (Å²) in [6.45, 7) is 3.89. The van der Waals surface area contributed by atoms with Crippen molar-refractivity contribution in [1.29, 1.82) is 0 Å². The van der Waals surface area contributed by atoms with Crippen LogP contribution < -0.4 is 20.7 Å². The highest BCUT2D eigenvalue weighted by Gasteiger charge is 2.25. The lowest BCUT2D eigenvalue weighted by Gasteiger charge is -2.16. The smallest absolute Gasteiger partial charge is 0.341 e. The summed E-state index contributed by atoms with van der Waals surface area (Å²) in [6.07, 6.45) is 2.08. The zero-order chi connectivity index (χ0) is 36.3. The van der Waals surface area contributed by atoms with E-state index in [1.54, 1.807) is 86.0 Å². The molecule has 0 fully saturated rings. The number of esters is 1. The maximum absolute atomic E-state index is 13.6. The van der Waals surface area contributed by atoms with Crippen molar-refractivity contribution in [3.05, 3.63) is 136 Å². The summed E-state index contributed by atoms with van der Waals surface area (Å²) in [6, 6.07) is 30.6. The molecule has 0 aliphatic heterocycles. The Bertz CT molecular complexity index is 2040. The Morgan fingerprint density at radius 1 is 0.863 bits per heavy atom. The predicted molar refractivity (Wildman–Crippen MR) is 204 cm³/mol. The van der Waals surface area contributed by atoms with Crippen LogP contribution in [0, 0.1) is 6.92 Å². The van der Waals surface area contributed by atoms with Gasteiger partial charge in [0.05, 0.1) is 19.5 Å². The van der Waals surface area contributed by atoms with E-state index >= 15 is 0 Å². The quantitative estimate of drug-likeness (QED) is 0.0634. The molecule has 11 heteroatoms. The van der Waals surface area contributed by atoms with Gasteiger partial charge in [0.2, 0.25) is 5.91 Å². The van der Waals surface area contributed by atoms with Crippen molar-refractivity contribution in [3.8, 4) is 16.9 Å². The van der Waals surface area contributed by atoms with Crippen molar-refractivity contribution in [2.24, 2.45) is 0 Å². The predicted octanol–water partition coefficient (Wildman–Crippen LogP) is 8.44. The fraction of sp³-hybridized carbons (Fsp3) is 0.150. The molecule has 4 aromatic carbocycles. The van der Waals surface area contributed by atoms with Gasteiger partial charge in [0.1, 0.15) is 22.0 Å². The van der Waals surface area contributed by atoms with Gasteiger partial charge in [-0.05, 0) is 73.0 Å². The third-order valence-electron chi connectivity index (χ3n) is 7.77. The number of aryl methyl sites for hydroxylation is 1. The molecule has 0 aliphatic rings. The first-order chi connectivity index (χ1) is 24.7. The molecule has 1 aromatic heterocycles. The van der Waals surface area contributed by atoms with Crippen molar-refractivity contribution in [2.75, 3.05) is 24.9 Å². The van der Waals surface area contributed by atoms with Gasteiger partial charge in [-0.2, -0.15) is 0 Å². The van der Waals surface area contributed by atoms with Crippen molar-refractivity contribution in [3.63, 3.8) is 0 Å². The van der Waals surface area contributed by atoms with Gasteiger partial charge >= 0.3 is 5.97 Å². The molecule has 0 saturated heterocycles. The second kappa shape index (κ2) is 17.3. The molecule has 1 heterocycles. The Kier molecular flexibility index (Phi) is 12.4. The molecule has 3 N–H and O–H groups in total. The monoisotopic (exact) mass is 719 g/mol. The molecular formula is C40H37N3O6S2. The summed E-state index contributed by atoms with van der Waals surface area (Å²) < 4.78 is 10.3. The van der Waals surface area contributed by atoms with E-state index in [-0.39, 0.29) is 11.6 Å². The van der Waals surface area contributed by atoms with Crippen LogP contribution >= 0.6 is 23.1 Å². The maximum Gasteiger partial charge on any atom is 0.341 e. The van der Waals surface area contributed by atoms with Gasteiger partial charge in [-0.3, -0.25) is 14.4 Å². The molecule has 0 saturated carbocycles. The summed E-state index contributed by atoms with van der Waals surface area (Å²) >= 11 is 2.60. The number of methoxy groups -OCH3 is 2. The molecule has 0 bridgehead atoms. The Morgan fingerprint density at radius 2 is 1.59 bits per heavy atom. The first-order valence-corrected chi connectivity index (χ1v) is 17.8. The van der Waals surface area contributed by atoms with Crippen LogP contribution in [0.3, 0.4) is 0 Å². The molecule has 1 unspecified atom stereocenters. The highest BCUT2D eigenvalue weighted by molar-refractivity contribution is 8.00. The van der Waals surface area contributed by atoms with Gasteiger partial charge in [-0.25, -0.2) is 4.79 Å². The van der Waals surface area contributed by atoms with E-state index in [4.69, 9.17) is 9.47 Å². The normalized spacial score (nSPS) is 11.6. The molecular weight excluding hydrogens is 683 g/mol. The van der Waals surface area contributed by atoms with Gasteiger partial charge in [-0.1, -0.05) is 73.2 Å². The second-order valence-electron chi connectivity index (χ2n) is 11.3. The molecule has 5 rings (SSSR count). The first-order valence-electron chi connectivity index (χ1n) is 16.1. The topological polar surface area (TPSA) is 123 Å². The number of anilines is 2. The molecule has 51 heavy (non-hydrogen) atoms. The minimum absolute atomic E-state index is 0.0419. The molecule has 3 amide bonds. The Morgan fingerprint density at radius 3 is 2.25 bits per heavy atom. The maximum atomic E-state index is 13.6. The minimum Gasteiger partial charge on any atom is -0.497 e. The minimum atomic E-state index is -0.536. The average molecular weight is 720 g/mol. The lowest BCUT2D eigenvalue weighted by molar-refractivity contribution is -0.116. The third-order valence-corrected chi connectivity index (χ3v) is 10.0. The molecule has 5 aromatic rings. The number of hydrogen-bond acceptors (Lipinski definition) is 8. The molecule has 0 spiro atoms. The summed E-state index contributed by atoms with van der Waals surface area (Å²) in [5, 5.41) is 10.3. The lowest BCUT2D eigenvalue weighted by atomic mass is 10.0. The van der Waals surface area contributed by atoms with Crippen LogP contribution in [-0.2, 0) is 14.3 Å². The average Bonchev–Trinajstić information content (AvgIpc) is 3.57. The van der Waals surface area contributed by atoms with Crippen molar-refractivity contribution in [1.82, 2.24) is 5.32 Å². The van der Waals surface area contributed by atoms with Gasteiger partial charge < -0.3 is 25.4 Å². The first kappa shape index (κ1) is 36.6. The molecule has 9 nitrogen and oxygen atoms in total. The van der Waals surface area contributed by atoms with Crippen LogP contribution in [0.4, 0.5) is 10.7 Å². The van der Waals surface area contributed by atoms with Crippen molar-refractivity contribution < 1.29 is 28.7 Å². The fourth-order valence-corrected chi connectivity index (χ4v) is 7.01. The highest BCUT2D eigenvalue weighted by Crippen LogP contribution is 2.37. The number of benzene rings is 4. The van der Waals surface area contributed by atoms with Gasteiger partial charge in [0.25, 0.3) is 11.8 Å². The number of hydrogen-bond donors (Lipinski definition) is 3. The summed E-state index contributed by atoms with van der Waals surface area (Å²) in [7, 11) is 2.88. The van der Waals surface area contributed by atoms with E-state index in [9.17, 15) is 19.2 Å². The van der Waals surface area contributed by atoms with Gasteiger partial charge in [0.15, 0.2) is 0 Å². The van der Waals surface area contributed by atoms with Crippen LogP contribution in [0.15, 0.2) is 119 Å². The molecule has 1 atom stereocenters. The Hall–Kier alpha value is -5.65. The zero-order valence-electron chi connectivity index (χ0n) is 28.5. The lowest BCUT2D eigenvalue weighted by Crippen LogP contribution is -2.30. The standard InChI is InChI=1S/C40H37N3O6S2/c1-5-34(38(46)43-39-35(40(47)49-4)32(24-50-39)27-18-14-25(2)15-19-27)51-31-13-9-12-29(23-31)41-37(45)33(22-26-16-20-30(48-3)21-17-26)42-36(44)28-10-7-6-8-11-28/h6-24,34H,5H2,1-4H3,(H,41,45)(H,42,44)(H,43,46)/b33-22+. The molecule has 0 radical (unpaired) electrons. The van der Waals surface area contributed by atoms with Crippen LogP contribution in [0.1, 0.15) is 45.2 Å². The number of thiophene rings is 1. The SMILES string of the molecule is CCC(Sc1cccc(NC(=O)/C(=C\c2ccc(OC)cc2)NC(=O)c2ccccc2)c1)C(=O)Nc1scc(-c2ccc(C)cc2)c1C(=O)OC. The summed E-state index contributed by atoms with van der Waals surface area (Å²) in [5.74, 6) is -1.11. The largest absolute Gasteiger partial charge is 0.497 e. The van der Waals surface area contributed by atoms with Crippen molar-refractivity contribution in [2.45, 2.75) is 30.4 Å². The number of nitrogens with one attached hydrogen (secondary N) is 3. The number of rotatable bonds is 13. The van der Waals surface area contributed by atoms with Gasteiger partial charge in [0, 0.05) is 27.1 Å². The molecule has 260 valence electrons. The summed E-state index contributed by atoms with van der Waals surface area (Å²) in [4.78, 5) is 53.9. The van der Waals surface area contributed by atoms with Crippen LogP contribution in [0.5, 0.6) is 5.75 Å². The fourth-order valence-electron chi connectivity index (χ4n) is 5.03. The van der Waals surface area contributed by atoms with Crippen LogP contribution in [0.2, 0.25) is 0 Å². The van der Waals surface area contributed by atoms with Gasteiger partial charge in [-0.15, -0.1) is 23.1 Å². The second-order valence-corrected chi connectivity index (χ2v) is 13.5. The van der Waals surface area contributed by atoms with Crippen LogP contribution in [-0.4, -0.2) is 43.2 Å². The number of ether oxygens (including phenoxy) is 2. The third kappa shape index (κ3) is 9.53. The Labute approximate surface area is 305 Å². The van der Waals surface area contributed by atoms with E-state index in [1.807, 2.05) is 49.6 Å². The number of carbonyl (C=O) groups excluding carboxylic acids is 4. The van der Waals surface area contributed by atoms with E-state index < -0.39 is 23.0 Å². The van der Waals surface area contributed by atoms with Crippen LogP contribution in [0.25, 0.3) is 17.2 Å². The Balaban J connectivity index is 1.32. The zero-order valence-corrected chi connectivity index (χ0v) is 30.2. The number of amides is 3. The van der Waals surface area contributed by atoms with Crippen molar-refractivity contribution >= 4 is 63.6 Å².